The molecule has 0 heterocycles. The van der Waals surface area contributed by atoms with E-state index in [9.17, 15) is 23.5 Å². The van der Waals surface area contributed by atoms with Crippen LogP contribution in [-0.4, -0.2) is 17.0 Å². The maximum absolute atomic E-state index is 13.9. The largest absolute Gasteiger partial charge is 0.488 e. The highest BCUT2D eigenvalue weighted by molar-refractivity contribution is 6.31. The van der Waals surface area contributed by atoms with Gasteiger partial charge < -0.3 is 15.2 Å². The minimum absolute atomic E-state index is 0.0738. The molecule has 0 fully saturated rings. The van der Waals surface area contributed by atoms with E-state index in [0.29, 0.717) is 5.56 Å². The van der Waals surface area contributed by atoms with Gasteiger partial charge in [-0.05, 0) is 48.9 Å². The smallest absolute Gasteiger partial charge is 0.336 e. The van der Waals surface area contributed by atoms with Crippen LogP contribution in [0.2, 0.25) is 5.02 Å². The summed E-state index contributed by atoms with van der Waals surface area (Å²) in [7, 11) is 0. The number of hydrogen-bond donors (Lipinski definition) is 2. The average molecular weight is 446 g/mol. The van der Waals surface area contributed by atoms with Crippen molar-refractivity contribution < 1.29 is 28.2 Å². The van der Waals surface area contributed by atoms with Gasteiger partial charge in [-0.2, -0.15) is 0 Å². The molecule has 1 amide bonds. The third kappa shape index (κ3) is 5.38. The zero-order valence-electron chi connectivity index (χ0n) is 16.4. The number of aromatic carboxylic acids is 1. The Balaban J connectivity index is 1.81. The Bertz CT molecular complexity index is 1140. The highest BCUT2D eigenvalue weighted by atomic mass is 35.5. The molecule has 3 aromatic carbocycles. The molecule has 1 atom stereocenters. The molecule has 0 aliphatic heterocycles. The minimum Gasteiger partial charge on any atom is -0.488 e. The van der Waals surface area contributed by atoms with Crippen molar-refractivity contribution in [3.05, 3.63) is 99.6 Å². The lowest BCUT2D eigenvalue weighted by Gasteiger charge is -2.18. The number of carbonyl (C=O) groups is 2. The second-order valence-electron chi connectivity index (χ2n) is 6.75. The number of hydrogen-bond acceptors (Lipinski definition) is 3. The number of nitrogens with one attached hydrogen (secondary N) is 1. The zero-order valence-corrected chi connectivity index (χ0v) is 17.1. The Morgan fingerprint density at radius 1 is 1.06 bits per heavy atom. The Morgan fingerprint density at radius 2 is 1.81 bits per heavy atom. The molecule has 3 rings (SSSR count). The maximum Gasteiger partial charge on any atom is 0.336 e. The third-order valence-electron chi connectivity index (χ3n) is 4.59. The summed E-state index contributed by atoms with van der Waals surface area (Å²) in [5, 5.41) is 12.4. The van der Waals surface area contributed by atoms with Crippen molar-refractivity contribution in [3.8, 4) is 5.75 Å². The van der Waals surface area contributed by atoms with E-state index in [4.69, 9.17) is 16.3 Å². The lowest BCUT2D eigenvalue weighted by atomic mass is 10.0. The molecule has 5 nitrogen and oxygen atoms in total. The van der Waals surface area contributed by atoms with Crippen LogP contribution in [0.1, 0.15) is 44.8 Å². The molecule has 0 aliphatic rings. The van der Waals surface area contributed by atoms with Gasteiger partial charge in [0.25, 0.3) is 5.91 Å². The van der Waals surface area contributed by atoms with Crippen molar-refractivity contribution in [3.63, 3.8) is 0 Å². The summed E-state index contributed by atoms with van der Waals surface area (Å²) < 4.78 is 32.5. The molecule has 2 N–H and O–H groups in total. The predicted octanol–water partition coefficient (Wildman–Crippen LogP) is 5.39. The Morgan fingerprint density at radius 3 is 2.52 bits per heavy atom. The number of amides is 1. The molecule has 0 unspecified atom stereocenters. The molecule has 0 aliphatic carbocycles. The van der Waals surface area contributed by atoms with Crippen LogP contribution in [0, 0.1) is 11.6 Å². The Labute approximate surface area is 182 Å². The first-order valence-electron chi connectivity index (χ1n) is 9.25. The molecule has 31 heavy (non-hydrogen) atoms. The maximum atomic E-state index is 13.9. The van der Waals surface area contributed by atoms with Crippen LogP contribution in [0.5, 0.6) is 5.75 Å². The van der Waals surface area contributed by atoms with Crippen LogP contribution in [0.25, 0.3) is 0 Å². The fourth-order valence-electron chi connectivity index (χ4n) is 3.02. The summed E-state index contributed by atoms with van der Waals surface area (Å²) >= 11 is 6.03. The highest BCUT2D eigenvalue weighted by Gasteiger charge is 2.20. The van der Waals surface area contributed by atoms with Gasteiger partial charge in [-0.15, -0.1) is 0 Å². The predicted molar refractivity (Wildman–Crippen MR) is 111 cm³/mol. The van der Waals surface area contributed by atoms with Gasteiger partial charge in [0.05, 0.1) is 17.2 Å². The second kappa shape index (κ2) is 9.57. The normalized spacial score (nSPS) is 11.6. The van der Waals surface area contributed by atoms with E-state index in [1.54, 1.807) is 25.1 Å². The number of carbonyl (C=O) groups excluding carboxylic acids is 1. The second-order valence-corrected chi connectivity index (χ2v) is 7.19. The van der Waals surface area contributed by atoms with E-state index in [1.165, 1.54) is 30.3 Å². The molecule has 160 valence electrons. The Hall–Kier alpha value is -3.45. The van der Waals surface area contributed by atoms with E-state index in [1.807, 2.05) is 0 Å². The van der Waals surface area contributed by atoms with Gasteiger partial charge in [0.1, 0.15) is 24.0 Å². The van der Waals surface area contributed by atoms with Gasteiger partial charge in [0.15, 0.2) is 0 Å². The van der Waals surface area contributed by atoms with Crippen LogP contribution >= 0.6 is 11.6 Å². The van der Waals surface area contributed by atoms with Crippen molar-refractivity contribution in [1.82, 2.24) is 5.32 Å². The summed E-state index contributed by atoms with van der Waals surface area (Å²) in [5.74, 6) is -2.98. The standard InChI is InChI=1S/C23H18ClF2NO4/c1-13(17-4-2-3-5-18(17)23(29)30)27-22(28)19-10-15(24)7-9-21(19)31-12-14-6-8-16(25)11-20(14)26/h2-11,13H,12H2,1H3,(H,27,28)(H,29,30)/t13-/m0/s1. The number of carboxylic acids is 1. The van der Waals surface area contributed by atoms with Gasteiger partial charge >= 0.3 is 5.97 Å². The summed E-state index contributed by atoms with van der Waals surface area (Å²) in [6.45, 7) is 1.42. The molecule has 0 saturated carbocycles. The fraction of sp³-hybridized carbons (Fsp3) is 0.130. The van der Waals surface area contributed by atoms with Gasteiger partial charge in [0.2, 0.25) is 0 Å². The van der Waals surface area contributed by atoms with Crippen molar-refractivity contribution in [2.24, 2.45) is 0 Å². The Kier molecular flexibility index (Phi) is 6.87. The number of rotatable bonds is 7. The molecule has 0 bridgehead atoms. The van der Waals surface area contributed by atoms with Gasteiger partial charge in [-0.1, -0.05) is 29.8 Å². The highest BCUT2D eigenvalue weighted by Crippen LogP contribution is 2.26. The van der Waals surface area contributed by atoms with Crippen LogP contribution in [0.15, 0.2) is 60.7 Å². The topological polar surface area (TPSA) is 75.6 Å². The number of benzene rings is 3. The molecular formula is C23H18ClF2NO4. The number of carboxylic acid groups (broad SMARTS) is 1. The number of halogens is 3. The van der Waals surface area contributed by atoms with E-state index < -0.39 is 29.6 Å². The quantitative estimate of drug-likeness (QED) is 0.511. The lowest BCUT2D eigenvalue weighted by molar-refractivity contribution is 0.0693. The zero-order chi connectivity index (χ0) is 22.5. The van der Waals surface area contributed by atoms with Gasteiger partial charge in [0, 0.05) is 16.7 Å². The van der Waals surface area contributed by atoms with Crippen molar-refractivity contribution in [2.75, 3.05) is 0 Å². The van der Waals surface area contributed by atoms with Crippen molar-refractivity contribution in [1.29, 1.82) is 0 Å². The van der Waals surface area contributed by atoms with E-state index in [-0.39, 0.29) is 34.1 Å². The van der Waals surface area contributed by atoms with E-state index in [0.717, 1.165) is 12.1 Å². The monoisotopic (exact) mass is 445 g/mol. The SMILES string of the molecule is C[C@H](NC(=O)c1cc(Cl)ccc1OCc1ccc(F)cc1F)c1ccccc1C(=O)O. The number of ether oxygens (including phenoxy) is 1. The van der Waals surface area contributed by atoms with E-state index in [2.05, 4.69) is 5.32 Å². The van der Waals surface area contributed by atoms with E-state index >= 15 is 0 Å². The molecule has 0 spiro atoms. The molecule has 0 saturated heterocycles. The van der Waals surface area contributed by atoms with Crippen LogP contribution in [-0.2, 0) is 6.61 Å². The first kappa shape index (κ1) is 22.2. The van der Waals surface area contributed by atoms with Crippen LogP contribution in [0.4, 0.5) is 8.78 Å². The van der Waals surface area contributed by atoms with Gasteiger partial charge in [-0.25, -0.2) is 13.6 Å². The summed E-state index contributed by atoms with van der Waals surface area (Å²) in [5.41, 5.74) is 0.715. The molecule has 3 aromatic rings. The molecule has 8 heteroatoms. The first-order chi connectivity index (χ1) is 14.8. The summed E-state index contributed by atoms with van der Waals surface area (Å²) in [6, 6.07) is 13.2. The van der Waals surface area contributed by atoms with Crippen molar-refractivity contribution in [2.45, 2.75) is 19.6 Å². The summed E-state index contributed by atoms with van der Waals surface area (Å²) in [6.07, 6.45) is 0. The lowest BCUT2D eigenvalue weighted by Crippen LogP contribution is -2.28. The van der Waals surface area contributed by atoms with Crippen molar-refractivity contribution >= 4 is 23.5 Å². The van der Waals surface area contributed by atoms with Crippen LogP contribution in [0.3, 0.4) is 0 Å². The van der Waals surface area contributed by atoms with Crippen LogP contribution < -0.4 is 10.1 Å². The third-order valence-corrected chi connectivity index (χ3v) is 4.82. The van der Waals surface area contributed by atoms with Gasteiger partial charge in [-0.3, -0.25) is 4.79 Å². The minimum atomic E-state index is -1.11. The fourth-order valence-corrected chi connectivity index (χ4v) is 3.19. The molecule has 0 radical (unpaired) electrons. The average Bonchev–Trinajstić information content (AvgIpc) is 2.73. The summed E-state index contributed by atoms with van der Waals surface area (Å²) in [4.78, 5) is 24.3. The molecule has 0 aromatic heterocycles. The first-order valence-corrected chi connectivity index (χ1v) is 9.63. The molecular weight excluding hydrogens is 428 g/mol.